The topological polar surface area (TPSA) is 127 Å². The Morgan fingerprint density at radius 1 is 0.759 bits per heavy atom. The molecule has 6 N–H and O–H groups in total. The van der Waals surface area contributed by atoms with Crippen LogP contribution in [-0.4, -0.2) is 34.2 Å². The SMILES string of the molecule is NC(Cc1ccc(Cl)c(Cl)c1-c1c(CC(N)C(=O)O)cc(Cl)c(Cl)c1Cl)C(=O)O. The molecule has 0 aliphatic carbocycles. The summed E-state index contributed by atoms with van der Waals surface area (Å²) in [6.07, 6.45) is -0.239. The monoisotopic (exact) mass is 498 g/mol. The summed E-state index contributed by atoms with van der Waals surface area (Å²) in [5, 5.41) is 18.7. The van der Waals surface area contributed by atoms with Crippen molar-refractivity contribution in [2.75, 3.05) is 0 Å². The molecule has 29 heavy (non-hydrogen) atoms. The van der Waals surface area contributed by atoms with Crippen LogP contribution in [0.15, 0.2) is 18.2 Å². The maximum absolute atomic E-state index is 11.3. The first-order valence-electron chi connectivity index (χ1n) is 8.06. The molecule has 2 aromatic carbocycles. The highest BCUT2D eigenvalue weighted by Crippen LogP contribution is 2.46. The zero-order chi connectivity index (χ0) is 22.0. The number of rotatable bonds is 7. The molecule has 0 amide bonds. The van der Waals surface area contributed by atoms with Gasteiger partial charge in [0, 0.05) is 11.1 Å². The number of carboxylic acid groups (broad SMARTS) is 2. The molecule has 2 unspecified atom stereocenters. The summed E-state index contributed by atoms with van der Waals surface area (Å²) in [7, 11) is 0. The van der Waals surface area contributed by atoms with Gasteiger partial charge in [-0.25, -0.2) is 0 Å². The highest BCUT2D eigenvalue weighted by molar-refractivity contribution is 6.50. The highest BCUT2D eigenvalue weighted by atomic mass is 35.5. The van der Waals surface area contributed by atoms with Crippen LogP contribution in [-0.2, 0) is 22.4 Å². The van der Waals surface area contributed by atoms with Crippen LogP contribution in [0.4, 0.5) is 0 Å². The van der Waals surface area contributed by atoms with Crippen molar-refractivity contribution in [1.29, 1.82) is 0 Å². The number of hydrogen-bond acceptors (Lipinski definition) is 4. The number of carbonyl (C=O) groups is 2. The van der Waals surface area contributed by atoms with Gasteiger partial charge in [0.1, 0.15) is 12.1 Å². The number of carboxylic acids is 2. The fourth-order valence-corrected chi connectivity index (χ4v) is 3.93. The van der Waals surface area contributed by atoms with Crippen molar-refractivity contribution < 1.29 is 19.8 Å². The lowest BCUT2D eigenvalue weighted by Gasteiger charge is -2.21. The zero-order valence-corrected chi connectivity index (χ0v) is 18.3. The summed E-state index contributed by atoms with van der Waals surface area (Å²) in [5.74, 6) is -2.45. The van der Waals surface area contributed by atoms with E-state index in [4.69, 9.17) is 74.6 Å². The van der Waals surface area contributed by atoms with Crippen LogP contribution in [0.1, 0.15) is 11.1 Å². The van der Waals surface area contributed by atoms with E-state index in [2.05, 4.69) is 0 Å². The molecule has 2 aromatic rings. The van der Waals surface area contributed by atoms with Crippen LogP contribution in [0, 0.1) is 0 Å². The van der Waals surface area contributed by atoms with Gasteiger partial charge in [0.25, 0.3) is 0 Å². The highest BCUT2D eigenvalue weighted by Gasteiger charge is 2.26. The van der Waals surface area contributed by atoms with E-state index in [0.717, 1.165) is 0 Å². The van der Waals surface area contributed by atoms with E-state index in [0.29, 0.717) is 11.1 Å². The van der Waals surface area contributed by atoms with Gasteiger partial charge in [0.05, 0.1) is 25.1 Å². The molecular weight excluding hydrogens is 485 g/mol. The number of benzene rings is 2. The Morgan fingerprint density at radius 2 is 1.24 bits per heavy atom. The van der Waals surface area contributed by atoms with E-state index >= 15 is 0 Å². The maximum atomic E-state index is 11.3. The first-order valence-corrected chi connectivity index (χ1v) is 9.95. The Bertz CT molecular complexity index is 983. The van der Waals surface area contributed by atoms with Crippen molar-refractivity contribution in [2.24, 2.45) is 11.5 Å². The van der Waals surface area contributed by atoms with Crippen LogP contribution in [0.5, 0.6) is 0 Å². The number of aliphatic carboxylic acids is 2. The summed E-state index contributed by atoms with van der Waals surface area (Å²) < 4.78 is 0. The molecule has 0 aliphatic heterocycles. The van der Waals surface area contributed by atoms with Crippen LogP contribution in [0.2, 0.25) is 25.1 Å². The minimum Gasteiger partial charge on any atom is -0.480 e. The van der Waals surface area contributed by atoms with Crippen molar-refractivity contribution in [3.63, 3.8) is 0 Å². The lowest BCUT2D eigenvalue weighted by atomic mass is 9.90. The average Bonchev–Trinajstić information content (AvgIpc) is 2.64. The minimum absolute atomic E-state index is 0.000989. The summed E-state index contributed by atoms with van der Waals surface area (Å²) in [6, 6.07) is 2.01. The third-order valence-corrected chi connectivity index (χ3v) is 6.26. The number of hydrogen-bond donors (Lipinski definition) is 4. The van der Waals surface area contributed by atoms with E-state index in [-0.39, 0.29) is 49.1 Å². The second-order valence-electron chi connectivity index (χ2n) is 6.21. The smallest absolute Gasteiger partial charge is 0.320 e. The molecule has 2 atom stereocenters. The Labute approximate surface area is 191 Å². The lowest BCUT2D eigenvalue weighted by Crippen LogP contribution is -2.33. The molecule has 2 rings (SSSR count). The quantitative estimate of drug-likeness (QED) is 0.414. The Hall–Kier alpha value is -1.25. The Morgan fingerprint density at radius 3 is 1.76 bits per heavy atom. The van der Waals surface area contributed by atoms with Crippen molar-refractivity contribution in [3.8, 4) is 11.1 Å². The molecule has 0 radical (unpaired) electrons. The zero-order valence-electron chi connectivity index (χ0n) is 14.6. The summed E-state index contributed by atoms with van der Waals surface area (Å²) in [6.45, 7) is 0. The molecular formula is C18H15Cl5N2O4. The van der Waals surface area contributed by atoms with Gasteiger partial charge in [-0.05, 0) is 36.1 Å². The van der Waals surface area contributed by atoms with Gasteiger partial charge < -0.3 is 21.7 Å². The van der Waals surface area contributed by atoms with Gasteiger partial charge in [-0.2, -0.15) is 0 Å². The summed E-state index contributed by atoms with van der Waals surface area (Å²) in [5.41, 5.74) is 12.7. The summed E-state index contributed by atoms with van der Waals surface area (Å²) >= 11 is 31.4. The average molecular weight is 501 g/mol. The fourth-order valence-electron chi connectivity index (χ4n) is 2.75. The third kappa shape index (κ3) is 5.27. The number of nitrogens with two attached hydrogens (primary N) is 2. The molecule has 0 heterocycles. The van der Waals surface area contributed by atoms with E-state index in [9.17, 15) is 14.7 Å². The summed E-state index contributed by atoms with van der Waals surface area (Å²) in [4.78, 5) is 22.5. The molecule has 6 nitrogen and oxygen atoms in total. The Balaban J connectivity index is 2.82. The molecule has 0 saturated carbocycles. The standard InChI is InChI=1S/C18H15Cl5N2O4/c19-8-2-1-6(4-10(24)17(26)27)12(14(8)21)13-7(5-11(25)18(28)29)3-9(20)15(22)16(13)23/h1-3,10-11H,4-5,24-25H2,(H,26,27)(H,28,29). The van der Waals surface area contributed by atoms with E-state index in [1.807, 2.05) is 0 Å². The first-order chi connectivity index (χ1) is 13.5. The molecule has 0 aliphatic rings. The van der Waals surface area contributed by atoms with Crippen molar-refractivity contribution in [2.45, 2.75) is 24.9 Å². The van der Waals surface area contributed by atoms with Gasteiger partial charge >= 0.3 is 11.9 Å². The molecule has 11 heteroatoms. The normalized spacial score (nSPS) is 13.2. The first kappa shape index (κ1) is 24.0. The minimum atomic E-state index is -1.26. The van der Waals surface area contributed by atoms with Crippen molar-refractivity contribution in [1.82, 2.24) is 0 Å². The van der Waals surface area contributed by atoms with Gasteiger partial charge in [-0.15, -0.1) is 0 Å². The Kier molecular flexibility index (Phi) is 8.04. The lowest BCUT2D eigenvalue weighted by molar-refractivity contribution is -0.139. The van der Waals surface area contributed by atoms with Crippen LogP contribution < -0.4 is 11.5 Å². The van der Waals surface area contributed by atoms with Crippen molar-refractivity contribution in [3.05, 3.63) is 54.4 Å². The third-order valence-electron chi connectivity index (χ3n) is 4.19. The second-order valence-corrected chi connectivity index (χ2v) is 8.16. The molecule has 0 spiro atoms. The van der Waals surface area contributed by atoms with Crippen molar-refractivity contribution >= 4 is 69.9 Å². The predicted molar refractivity (Wildman–Crippen MR) is 116 cm³/mol. The maximum Gasteiger partial charge on any atom is 0.320 e. The van der Waals surface area contributed by atoms with Crippen LogP contribution in [0.3, 0.4) is 0 Å². The molecule has 0 fully saturated rings. The van der Waals surface area contributed by atoms with Crippen LogP contribution >= 0.6 is 58.0 Å². The van der Waals surface area contributed by atoms with Gasteiger partial charge in [-0.3, -0.25) is 9.59 Å². The van der Waals surface area contributed by atoms with E-state index < -0.39 is 24.0 Å². The molecule has 0 aromatic heterocycles. The van der Waals surface area contributed by atoms with Gasteiger partial charge in [-0.1, -0.05) is 64.1 Å². The van der Waals surface area contributed by atoms with Crippen LogP contribution in [0.25, 0.3) is 11.1 Å². The van der Waals surface area contributed by atoms with Gasteiger partial charge in [0.15, 0.2) is 0 Å². The number of halogens is 5. The van der Waals surface area contributed by atoms with E-state index in [1.165, 1.54) is 12.1 Å². The fraction of sp³-hybridized carbons (Fsp3) is 0.222. The predicted octanol–water partition coefficient (Wildman–Crippen LogP) is 4.53. The molecule has 0 bridgehead atoms. The second kappa shape index (κ2) is 9.71. The molecule has 156 valence electrons. The van der Waals surface area contributed by atoms with Gasteiger partial charge in [0.2, 0.25) is 0 Å². The van der Waals surface area contributed by atoms with E-state index in [1.54, 1.807) is 6.07 Å². The molecule has 0 saturated heterocycles. The largest absolute Gasteiger partial charge is 0.480 e.